The molecule has 0 N–H and O–H groups in total. The largest absolute Gasteiger partial charge is 0.494 e. The van der Waals surface area contributed by atoms with Gasteiger partial charge in [0.15, 0.2) is 11.3 Å². The van der Waals surface area contributed by atoms with Gasteiger partial charge >= 0.3 is 6.09 Å². The lowest BCUT2D eigenvalue weighted by molar-refractivity contribution is 0.0579. The van der Waals surface area contributed by atoms with Crippen LogP contribution in [0.2, 0.25) is 0 Å². The summed E-state index contributed by atoms with van der Waals surface area (Å²) < 4.78 is 12.4. The minimum atomic E-state index is -0.713. The Bertz CT molecular complexity index is 864. The number of amides is 1. The van der Waals surface area contributed by atoms with Crippen LogP contribution in [0.5, 0.6) is 5.75 Å². The summed E-state index contributed by atoms with van der Waals surface area (Å²) in [7, 11) is 3.41. The third-order valence-electron chi connectivity index (χ3n) is 5.14. The lowest BCUT2D eigenvalue weighted by Crippen LogP contribution is -2.46. The molecule has 0 radical (unpaired) electrons. The molecule has 1 unspecified atom stereocenters. The average Bonchev–Trinajstić information content (AvgIpc) is 3.01. The number of halogens is 1. The van der Waals surface area contributed by atoms with E-state index in [9.17, 15) is 9.59 Å². The van der Waals surface area contributed by atoms with E-state index in [1.54, 1.807) is 18.0 Å². The van der Waals surface area contributed by atoms with E-state index < -0.39 is 11.7 Å². The number of carbonyl (C=O) groups excluding carboxylic acids is 2. The summed E-state index contributed by atoms with van der Waals surface area (Å²) in [5.74, 6) is 0.178. The molecular formula is C19H24ClN3O4. The first-order valence-electron chi connectivity index (χ1n) is 8.95. The van der Waals surface area contributed by atoms with Crippen LogP contribution in [0.4, 0.5) is 4.79 Å². The molecule has 7 nitrogen and oxygen atoms in total. The fraction of sp³-hybridized carbons (Fsp3) is 0.526. The zero-order valence-corrected chi connectivity index (χ0v) is 16.7. The van der Waals surface area contributed by atoms with Crippen LogP contribution in [-0.4, -0.2) is 52.1 Å². The fourth-order valence-corrected chi connectivity index (χ4v) is 3.65. The first-order chi connectivity index (χ1) is 12.8. The number of piperidine rings is 1. The number of rotatable bonds is 4. The maximum atomic E-state index is 13.5. The zero-order valence-electron chi connectivity index (χ0n) is 15.9. The second-order valence-corrected chi connectivity index (χ2v) is 7.59. The third-order valence-corrected chi connectivity index (χ3v) is 5.23. The molecule has 3 heterocycles. The Kier molecular flexibility index (Phi) is 5.60. The molecule has 1 aliphatic rings. The van der Waals surface area contributed by atoms with Crippen LogP contribution in [0.1, 0.15) is 30.6 Å². The molecule has 0 spiro atoms. The first kappa shape index (κ1) is 19.5. The summed E-state index contributed by atoms with van der Waals surface area (Å²) in [4.78, 5) is 31.6. The van der Waals surface area contributed by atoms with Crippen molar-refractivity contribution in [1.29, 1.82) is 0 Å². The van der Waals surface area contributed by atoms with Gasteiger partial charge in [0.1, 0.15) is 11.4 Å². The van der Waals surface area contributed by atoms with E-state index >= 15 is 0 Å². The SMILES string of the molecule is COc1cnc2c(ccn2C)c1C(=O)[C@@H]1CN(C(=O)OC(C)Cl)CC[C@@H]1C. The molecule has 146 valence electrons. The number of aromatic nitrogens is 2. The number of likely N-dealkylation sites (tertiary alicyclic amines) is 1. The molecule has 0 bridgehead atoms. The molecule has 27 heavy (non-hydrogen) atoms. The Hall–Kier alpha value is -2.28. The van der Waals surface area contributed by atoms with Crippen LogP contribution < -0.4 is 4.74 Å². The quantitative estimate of drug-likeness (QED) is 0.587. The van der Waals surface area contributed by atoms with Gasteiger partial charge in [-0.3, -0.25) is 4.79 Å². The molecule has 1 fully saturated rings. The Balaban J connectivity index is 1.94. The van der Waals surface area contributed by atoms with Gasteiger partial charge in [-0.15, -0.1) is 0 Å². The van der Waals surface area contributed by atoms with Gasteiger partial charge in [0, 0.05) is 37.6 Å². The zero-order chi connectivity index (χ0) is 19.7. The molecule has 8 heteroatoms. The van der Waals surface area contributed by atoms with Gasteiger partial charge in [0.2, 0.25) is 0 Å². The fourth-order valence-electron chi connectivity index (χ4n) is 3.58. The Morgan fingerprint density at radius 1 is 1.41 bits per heavy atom. The highest BCUT2D eigenvalue weighted by atomic mass is 35.5. The number of hydrogen-bond acceptors (Lipinski definition) is 5. The van der Waals surface area contributed by atoms with Crippen molar-refractivity contribution in [1.82, 2.24) is 14.5 Å². The van der Waals surface area contributed by atoms with Crippen molar-refractivity contribution in [2.24, 2.45) is 18.9 Å². The van der Waals surface area contributed by atoms with E-state index in [2.05, 4.69) is 4.98 Å². The minimum Gasteiger partial charge on any atom is -0.494 e. The van der Waals surface area contributed by atoms with E-state index in [1.807, 2.05) is 30.8 Å². The van der Waals surface area contributed by atoms with Crippen LogP contribution in [0.15, 0.2) is 18.5 Å². The van der Waals surface area contributed by atoms with Crippen LogP contribution in [-0.2, 0) is 11.8 Å². The van der Waals surface area contributed by atoms with Crippen molar-refractivity contribution >= 4 is 34.5 Å². The van der Waals surface area contributed by atoms with Gasteiger partial charge in [0.05, 0.1) is 18.9 Å². The van der Waals surface area contributed by atoms with Gasteiger partial charge in [0.25, 0.3) is 0 Å². The van der Waals surface area contributed by atoms with Crippen molar-refractivity contribution < 1.29 is 19.1 Å². The molecule has 0 aliphatic carbocycles. The molecule has 1 saturated heterocycles. The third kappa shape index (κ3) is 3.74. The molecule has 2 aromatic rings. The van der Waals surface area contributed by atoms with Gasteiger partial charge in [-0.05, 0) is 25.3 Å². The summed E-state index contributed by atoms with van der Waals surface area (Å²) in [6.45, 7) is 4.46. The molecular weight excluding hydrogens is 370 g/mol. The van der Waals surface area contributed by atoms with Crippen molar-refractivity contribution in [3.05, 3.63) is 24.0 Å². The van der Waals surface area contributed by atoms with E-state index in [0.717, 1.165) is 11.0 Å². The normalized spacial score (nSPS) is 21.1. The number of ether oxygens (including phenoxy) is 2. The van der Waals surface area contributed by atoms with Crippen molar-refractivity contribution in [2.45, 2.75) is 25.8 Å². The second kappa shape index (κ2) is 7.76. The summed E-state index contributed by atoms with van der Waals surface area (Å²) in [6, 6.07) is 1.87. The Labute approximate surface area is 163 Å². The monoisotopic (exact) mass is 393 g/mol. The van der Waals surface area contributed by atoms with Crippen LogP contribution in [0.3, 0.4) is 0 Å². The number of hydrogen-bond donors (Lipinski definition) is 0. The second-order valence-electron chi connectivity index (χ2n) is 6.97. The average molecular weight is 394 g/mol. The van der Waals surface area contributed by atoms with Gasteiger partial charge in [-0.1, -0.05) is 18.5 Å². The topological polar surface area (TPSA) is 73.7 Å². The summed E-state index contributed by atoms with van der Waals surface area (Å²) in [6.07, 6.45) is 3.66. The predicted molar refractivity (Wildman–Crippen MR) is 102 cm³/mol. The van der Waals surface area contributed by atoms with E-state index in [-0.39, 0.29) is 17.6 Å². The molecule has 3 rings (SSSR count). The molecule has 0 saturated carbocycles. The highest BCUT2D eigenvalue weighted by molar-refractivity contribution is 6.19. The van der Waals surface area contributed by atoms with Gasteiger partial charge < -0.3 is 18.9 Å². The standard InChI is InChI=1S/C19H24ClN3O4/c1-11-5-8-23(19(25)27-12(2)20)10-14(11)17(24)16-13-6-7-22(3)18(13)21-9-15(16)26-4/h6-7,9,11-12,14H,5,8,10H2,1-4H3/t11-,12?,14+/m0/s1. The van der Waals surface area contributed by atoms with Gasteiger partial charge in [-0.25, -0.2) is 9.78 Å². The number of nitrogens with zero attached hydrogens (tertiary/aromatic N) is 3. The summed E-state index contributed by atoms with van der Waals surface area (Å²) >= 11 is 5.76. The number of pyridine rings is 1. The lowest BCUT2D eigenvalue weighted by atomic mass is 9.81. The van der Waals surface area contributed by atoms with E-state index in [0.29, 0.717) is 30.8 Å². The van der Waals surface area contributed by atoms with E-state index in [1.165, 1.54) is 7.11 Å². The van der Waals surface area contributed by atoms with Crippen LogP contribution in [0.25, 0.3) is 11.0 Å². The number of carbonyl (C=O) groups is 2. The number of fused-ring (bicyclic) bond motifs is 1. The highest BCUT2D eigenvalue weighted by Crippen LogP contribution is 2.34. The first-order valence-corrected chi connectivity index (χ1v) is 9.39. The van der Waals surface area contributed by atoms with Crippen LogP contribution in [0, 0.1) is 11.8 Å². The molecule has 2 aromatic heterocycles. The van der Waals surface area contributed by atoms with E-state index in [4.69, 9.17) is 21.1 Å². The highest BCUT2D eigenvalue weighted by Gasteiger charge is 2.37. The molecule has 1 amide bonds. The van der Waals surface area contributed by atoms with Crippen molar-refractivity contribution in [2.75, 3.05) is 20.2 Å². The number of Topliss-reactive ketones (excluding diaryl/α,β-unsaturated/α-hetero) is 1. The summed E-state index contributed by atoms with van der Waals surface area (Å²) in [5.41, 5.74) is 0.519. The maximum Gasteiger partial charge on any atom is 0.411 e. The Morgan fingerprint density at radius 3 is 2.81 bits per heavy atom. The van der Waals surface area contributed by atoms with Crippen LogP contribution >= 0.6 is 11.6 Å². The number of ketones is 1. The van der Waals surface area contributed by atoms with Gasteiger partial charge in [-0.2, -0.15) is 0 Å². The number of alkyl halides is 1. The lowest BCUT2D eigenvalue weighted by Gasteiger charge is -2.36. The predicted octanol–water partition coefficient (Wildman–Crippen LogP) is 3.44. The molecule has 0 aromatic carbocycles. The summed E-state index contributed by atoms with van der Waals surface area (Å²) in [5, 5.41) is 0.753. The smallest absolute Gasteiger partial charge is 0.411 e. The minimum absolute atomic E-state index is 0.0469. The molecule has 3 atom stereocenters. The number of aryl methyl sites for hydroxylation is 1. The van der Waals surface area contributed by atoms with Crippen molar-refractivity contribution in [3.8, 4) is 5.75 Å². The maximum absolute atomic E-state index is 13.5. The Morgan fingerprint density at radius 2 is 2.15 bits per heavy atom. The van der Waals surface area contributed by atoms with Crippen molar-refractivity contribution in [3.63, 3.8) is 0 Å². The molecule has 1 aliphatic heterocycles. The number of methoxy groups -OCH3 is 1.